The summed E-state index contributed by atoms with van der Waals surface area (Å²) in [7, 11) is 1.60. The Kier molecular flexibility index (Phi) is 7.05. The van der Waals surface area contributed by atoms with Gasteiger partial charge in [-0.05, 0) is 0 Å². The topological polar surface area (TPSA) is 116 Å². The molecule has 1 amide bonds. The fourth-order valence-corrected chi connectivity index (χ4v) is 1.55. The van der Waals surface area contributed by atoms with Gasteiger partial charge in [-0.3, -0.25) is 24.3 Å². The summed E-state index contributed by atoms with van der Waals surface area (Å²) >= 11 is 0. The van der Waals surface area contributed by atoms with E-state index in [9.17, 15) is 19.7 Å². The number of aromatic nitrogens is 1. The van der Waals surface area contributed by atoms with Gasteiger partial charge in [0.05, 0.1) is 17.7 Å². The van der Waals surface area contributed by atoms with Crippen molar-refractivity contribution in [2.75, 3.05) is 33.4 Å². The largest absolute Gasteiger partial charge is 0.383 e. The minimum atomic E-state index is -0.617. The first-order valence-electron chi connectivity index (χ1n) is 6.36. The number of ether oxygens (including phenoxy) is 1. The summed E-state index contributed by atoms with van der Waals surface area (Å²) in [5.41, 5.74) is -0.697. The molecule has 1 rings (SSSR count). The Bertz CT molecular complexity index is 543. The van der Waals surface area contributed by atoms with Crippen LogP contribution in [0.15, 0.2) is 23.1 Å². The zero-order valence-electron chi connectivity index (χ0n) is 11.7. The molecule has 21 heavy (non-hydrogen) atoms. The predicted molar refractivity (Wildman–Crippen MR) is 75.1 cm³/mol. The highest BCUT2D eigenvalue weighted by molar-refractivity contribution is 5.75. The van der Waals surface area contributed by atoms with Crippen molar-refractivity contribution in [3.63, 3.8) is 0 Å². The molecule has 2 N–H and O–H groups in total. The number of carbonyl (C=O) groups is 1. The van der Waals surface area contributed by atoms with E-state index in [4.69, 9.17) is 4.74 Å². The molecule has 9 nitrogen and oxygen atoms in total. The molecule has 0 atom stereocenters. The van der Waals surface area contributed by atoms with Gasteiger partial charge in [0.2, 0.25) is 5.91 Å². The Balaban J connectivity index is 2.42. The van der Waals surface area contributed by atoms with E-state index >= 15 is 0 Å². The van der Waals surface area contributed by atoms with E-state index in [0.29, 0.717) is 26.2 Å². The van der Waals surface area contributed by atoms with Gasteiger partial charge in [0.1, 0.15) is 6.54 Å². The lowest BCUT2D eigenvalue weighted by Gasteiger charge is -2.08. The number of nitrogens with zero attached hydrogens (tertiary/aromatic N) is 2. The van der Waals surface area contributed by atoms with Gasteiger partial charge in [-0.25, -0.2) is 0 Å². The molecule has 0 aromatic carbocycles. The van der Waals surface area contributed by atoms with Gasteiger partial charge in [-0.2, -0.15) is 0 Å². The highest BCUT2D eigenvalue weighted by Gasteiger charge is 2.10. The van der Waals surface area contributed by atoms with Crippen molar-refractivity contribution in [1.82, 2.24) is 15.2 Å². The molecule has 0 aliphatic carbocycles. The van der Waals surface area contributed by atoms with Crippen molar-refractivity contribution in [2.45, 2.75) is 6.54 Å². The molecule has 0 radical (unpaired) electrons. The van der Waals surface area contributed by atoms with Gasteiger partial charge >= 0.3 is 0 Å². The van der Waals surface area contributed by atoms with Gasteiger partial charge in [0.15, 0.2) is 0 Å². The van der Waals surface area contributed by atoms with Crippen LogP contribution in [0.3, 0.4) is 0 Å². The van der Waals surface area contributed by atoms with Crippen molar-refractivity contribution >= 4 is 11.6 Å². The number of carbonyl (C=O) groups excluding carboxylic acids is 1. The number of hydrogen-bond donors (Lipinski definition) is 2. The first kappa shape index (κ1) is 16.8. The molecule has 1 aromatic heterocycles. The summed E-state index contributed by atoms with van der Waals surface area (Å²) in [4.78, 5) is 33.2. The molecule has 1 aromatic rings. The molecule has 0 saturated heterocycles. The van der Waals surface area contributed by atoms with Gasteiger partial charge in [-0.15, -0.1) is 0 Å². The fourth-order valence-electron chi connectivity index (χ4n) is 1.55. The maximum atomic E-state index is 11.6. The number of methoxy groups -OCH3 is 1. The summed E-state index contributed by atoms with van der Waals surface area (Å²) < 4.78 is 5.86. The lowest BCUT2D eigenvalue weighted by molar-refractivity contribution is -0.385. The standard InChI is InChI=1S/C12H18N4O5/c1-21-7-6-13-4-5-14-11(17)9-15-8-10(16(19)20)2-3-12(15)18/h2-3,8,13H,4-7,9H2,1H3,(H,14,17). The van der Waals surface area contributed by atoms with Crippen LogP contribution in [0.2, 0.25) is 0 Å². The Morgan fingerprint density at radius 3 is 2.81 bits per heavy atom. The molecule has 0 spiro atoms. The number of hydrogen-bond acceptors (Lipinski definition) is 6. The third kappa shape index (κ3) is 6.15. The molecule has 116 valence electrons. The molecule has 0 saturated carbocycles. The lowest BCUT2D eigenvalue weighted by atomic mass is 10.4. The zero-order valence-corrected chi connectivity index (χ0v) is 11.7. The van der Waals surface area contributed by atoms with Gasteiger partial charge < -0.3 is 15.4 Å². The molecule has 0 fully saturated rings. The van der Waals surface area contributed by atoms with Crippen molar-refractivity contribution in [2.24, 2.45) is 0 Å². The number of pyridine rings is 1. The first-order valence-corrected chi connectivity index (χ1v) is 6.36. The molecule has 9 heteroatoms. The van der Waals surface area contributed by atoms with Crippen LogP contribution >= 0.6 is 0 Å². The Labute approximate surface area is 121 Å². The van der Waals surface area contributed by atoms with Crippen molar-refractivity contribution in [3.05, 3.63) is 38.8 Å². The van der Waals surface area contributed by atoms with Crippen LogP contribution in [-0.4, -0.2) is 48.7 Å². The molecular formula is C12H18N4O5. The fraction of sp³-hybridized carbons (Fsp3) is 0.500. The third-order valence-electron chi connectivity index (χ3n) is 2.60. The summed E-state index contributed by atoms with van der Waals surface area (Å²) in [5.74, 6) is -0.383. The predicted octanol–water partition coefficient (Wildman–Crippen LogP) is -0.891. The van der Waals surface area contributed by atoms with E-state index in [1.54, 1.807) is 7.11 Å². The molecular weight excluding hydrogens is 280 g/mol. The van der Waals surface area contributed by atoms with Crippen LogP contribution in [0, 0.1) is 10.1 Å². The number of nitrogens with one attached hydrogen (secondary N) is 2. The maximum absolute atomic E-state index is 11.6. The van der Waals surface area contributed by atoms with Crippen LogP contribution in [0.5, 0.6) is 0 Å². The summed E-state index contributed by atoms with van der Waals surface area (Å²) in [6, 6.07) is 2.17. The number of rotatable bonds is 9. The minimum absolute atomic E-state index is 0.233. The molecule has 0 unspecified atom stereocenters. The molecule has 0 bridgehead atoms. The molecule has 0 aliphatic heterocycles. The minimum Gasteiger partial charge on any atom is -0.383 e. The average molecular weight is 298 g/mol. The zero-order chi connectivity index (χ0) is 15.7. The second kappa shape index (κ2) is 8.82. The Morgan fingerprint density at radius 2 is 2.14 bits per heavy atom. The maximum Gasteiger partial charge on any atom is 0.285 e. The van der Waals surface area contributed by atoms with E-state index in [-0.39, 0.29) is 18.1 Å². The summed E-state index contributed by atoms with van der Waals surface area (Å²) in [6.45, 7) is 1.97. The SMILES string of the molecule is COCCNCCNC(=O)Cn1cc([N+](=O)[O-])ccc1=O. The summed E-state index contributed by atoms with van der Waals surface area (Å²) in [5, 5.41) is 16.3. The van der Waals surface area contributed by atoms with E-state index < -0.39 is 10.5 Å². The first-order chi connectivity index (χ1) is 10.0. The molecule has 0 aliphatic rings. The molecule has 1 heterocycles. The van der Waals surface area contributed by atoms with E-state index in [1.807, 2.05) is 0 Å². The Morgan fingerprint density at radius 1 is 1.38 bits per heavy atom. The smallest absolute Gasteiger partial charge is 0.285 e. The Hall–Kier alpha value is -2.26. The van der Waals surface area contributed by atoms with E-state index in [0.717, 1.165) is 22.9 Å². The van der Waals surface area contributed by atoms with Gasteiger partial charge in [0.25, 0.3) is 11.2 Å². The van der Waals surface area contributed by atoms with Gasteiger partial charge in [-0.1, -0.05) is 0 Å². The lowest BCUT2D eigenvalue weighted by Crippen LogP contribution is -2.36. The normalized spacial score (nSPS) is 10.3. The van der Waals surface area contributed by atoms with Crippen molar-refractivity contribution < 1.29 is 14.5 Å². The number of amides is 1. The third-order valence-corrected chi connectivity index (χ3v) is 2.60. The quantitative estimate of drug-likeness (QED) is 0.347. The van der Waals surface area contributed by atoms with Crippen LogP contribution in [0.4, 0.5) is 5.69 Å². The van der Waals surface area contributed by atoms with Crippen LogP contribution in [0.25, 0.3) is 0 Å². The van der Waals surface area contributed by atoms with E-state index in [2.05, 4.69) is 10.6 Å². The van der Waals surface area contributed by atoms with Crippen molar-refractivity contribution in [3.8, 4) is 0 Å². The second-order valence-corrected chi connectivity index (χ2v) is 4.20. The van der Waals surface area contributed by atoms with Gasteiger partial charge in [0, 0.05) is 38.9 Å². The van der Waals surface area contributed by atoms with E-state index in [1.165, 1.54) is 0 Å². The van der Waals surface area contributed by atoms with Crippen molar-refractivity contribution in [1.29, 1.82) is 0 Å². The van der Waals surface area contributed by atoms with Crippen LogP contribution < -0.4 is 16.2 Å². The number of nitro groups is 1. The monoisotopic (exact) mass is 298 g/mol. The highest BCUT2D eigenvalue weighted by Crippen LogP contribution is 2.05. The summed E-state index contributed by atoms with van der Waals surface area (Å²) in [6.07, 6.45) is 1.05. The van der Waals surface area contributed by atoms with Crippen LogP contribution in [-0.2, 0) is 16.1 Å². The van der Waals surface area contributed by atoms with Crippen LogP contribution in [0.1, 0.15) is 0 Å². The average Bonchev–Trinajstić information content (AvgIpc) is 2.44. The second-order valence-electron chi connectivity index (χ2n) is 4.20. The highest BCUT2D eigenvalue weighted by atomic mass is 16.6.